The minimum absolute atomic E-state index is 0.132. The Balaban J connectivity index is 1.22. The fraction of sp³-hybridized carbons (Fsp3) is 0.800. The highest BCUT2D eigenvalue weighted by Crippen LogP contribution is 2.50. The summed E-state index contributed by atoms with van der Waals surface area (Å²) in [5.74, 6) is 0.538. The molecule has 0 atom stereocenters. The van der Waals surface area contributed by atoms with Crippen LogP contribution in [-0.4, -0.2) is 73.8 Å². The zero-order valence-electron chi connectivity index (χ0n) is 15.9. The molecule has 2 saturated heterocycles. The lowest BCUT2D eigenvalue weighted by molar-refractivity contribution is -0.118. The first-order valence-corrected chi connectivity index (χ1v) is 10.3. The Morgan fingerprint density at radius 2 is 2.07 bits per heavy atom. The zero-order valence-corrected chi connectivity index (χ0v) is 15.9. The van der Waals surface area contributed by atoms with Gasteiger partial charge in [-0.15, -0.1) is 0 Å². The lowest BCUT2D eigenvalue weighted by atomic mass is 9.64. The molecule has 3 heterocycles. The van der Waals surface area contributed by atoms with Crippen molar-refractivity contribution in [2.75, 3.05) is 46.0 Å². The predicted octanol–water partition coefficient (Wildman–Crippen LogP) is 2.11. The SMILES string of the molecule is O=C1NCCC=C1C1CCN(C2CC3(CCN(C(=O)OCCF)C3)C2)CC1. The van der Waals surface area contributed by atoms with Gasteiger partial charge in [0.1, 0.15) is 13.3 Å². The Bertz CT molecular complexity index is 610. The molecule has 6 nitrogen and oxygen atoms in total. The second-order valence-electron chi connectivity index (χ2n) is 8.55. The lowest BCUT2D eigenvalue weighted by Gasteiger charge is -2.51. The van der Waals surface area contributed by atoms with Gasteiger partial charge in [0.2, 0.25) is 5.91 Å². The molecule has 4 rings (SSSR count). The van der Waals surface area contributed by atoms with Crippen LogP contribution in [0.2, 0.25) is 0 Å². The standard InChI is InChI=1S/C20H30FN3O3/c21-6-11-27-19(26)24-10-5-20(14-24)12-16(13-20)23-8-3-15(4-9-23)17-2-1-7-22-18(17)25/h2,15-16H,1,3-14H2,(H,22,25). The maximum absolute atomic E-state index is 12.2. The van der Waals surface area contributed by atoms with Crippen LogP contribution in [0.5, 0.6) is 0 Å². The van der Waals surface area contributed by atoms with Gasteiger partial charge >= 0.3 is 6.09 Å². The first-order chi connectivity index (χ1) is 13.1. The number of rotatable bonds is 4. The van der Waals surface area contributed by atoms with Crippen LogP contribution in [0.1, 0.15) is 38.5 Å². The number of hydrogen-bond acceptors (Lipinski definition) is 4. The van der Waals surface area contributed by atoms with Gasteiger partial charge in [-0.25, -0.2) is 9.18 Å². The monoisotopic (exact) mass is 379 g/mol. The molecule has 0 aromatic rings. The maximum Gasteiger partial charge on any atom is 0.409 e. The summed E-state index contributed by atoms with van der Waals surface area (Å²) in [5.41, 5.74) is 1.24. The van der Waals surface area contributed by atoms with Gasteiger partial charge in [0, 0.05) is 31.2 Å². The normalized spacial score (nSPS) is 32.2. The van der Waals surface area contributed by atoms with E-state index in [-0.39, 0.29) is 24.0 Å². The quantitative estimate of drug-likeness (QED) is 0.813. The van der Waals surface area contributed by atoms with Crippen LogP contribution in [0, 0.1) is 11.3 Å². The molecule has 3 aliphatic heterocycles. The van der Waals surface area contributed by atoms with Crippen molar-refractivity contribution in [1.82, 2.24) is 15.1 Å². The molecule has 0 unspecified atom stereocenters. The highest BCUT2D eigenvalue weighted by atomic mass is 19.1. The molecular formula is C20H30FN3O3. The third-order valence-corrected chi connectivity index (χ3v) is 6.88. The van der Waals surface area contributed by atoms with Gasteiger partial charge in [0.15, 0.2) is 0 Å². The van der Waals surface area contributed by atoms with Gasteiger partial charge in [-0.1, -0.05) is 6.08 Å². The number of piperidine rings is 1. The number of ether oxygens (including phenoxy) is 1. The number of alkyl halides is 1. The molecule has 1 N–H and O–H groups in total. The number of halogens is 1. The Labute approximate surface area is 160 Å². The number of amides is 2. The van der Waals surface area contributed by atoms with E-state index in [4.69, 9.17) is 4.74 Å². The predicted molar refractivity (Wildman–Crippen MR) is 99.0 cm³/mol. The van der Waals surface area contributed by atoms with Crippen molar-refractivity contribution >= 4 is 12.0 Å². The van der Waals surface area contributed by atoms with Gasteiger partial charge in [-0.05, 0) is 62.9 Å². The molecule has 3 fully saturated rings. The van der Waals surface area contributed by atoms with E-state index < -0.39 is 6.67 Å². The number of carbonyl (C=O) groups excluding carboxylic acids is 2. The number of hydrogen-bond donors (Lipinski definition) is 1. The summed E-state index contributed by atoms with van der Waals surface area (Å²) in [6.07, 6.45) is 8.13. The third kappa shape index (κ3) is 3.84. The van der Waals surface area contributed by atoms with Crippen molar-refractivity contribution in [3.05, 3.63) is 11.6 Å². The summed E-state index contributed by atoms with van der Waals surface area (Å²) in [6, 6.07) is 0.599. The van der Waals surface area contributed by atoms with Crippen molar-refractivity contribution in [2.45, 2.75) is 44.6 Å². The van der Waals surface area contributed by atoms with Crippen molar-refractivity contribution in [3.63, 3.8) is 0 Å². The summed E-state index contributed by atoms with van der Waals surface area (Å²) >= 11 is 0. The van der Waals surface area contributed by atoms with Crippen LogP contribution < -0.4 is 5.32 Å². The van der Waals surface area contributed by atoms with Crippen molar-refractivity contribution in [2.24, 2.45) is 11.3 Å². The summed E-state index contributed by atoms with van der Waals surface area (Å²) < 4.78 is 17.1. The van der Waals surface area contributed by atoms with Crippen LogP contribution >= 0.6 is 0 Å². The number of nitrogens with zero attached hydrogens (tertiary/aromatic N) is 2. The maximum atomic E-state index is 12.2. The first kappa shape index (κ1) is 18.7. The molecule has 150 valence electrons. The fourth-order valence-electron chi connectivity index (χ4n) is 5.38. The Morgan fingerprint density at radius 3 is 2.78 bits per heavy atom. The molecule has 7 heteroatoms. The fourth-order valence-corrected chi connectivity index (χ4v) is 5.38. The van der Waals surface area contributed by atoms with Crippen LogP contribution in [0.25, 0.3) is 0 Å². The highest BCUT2D eigenvalue weighted by Gasteiger charge is 2.51. The molecule has 27 heavy (non-hydrogen) atoms. The Hall–Kier alpha value is -1.63. The molecule has 1 aliphatic carbocycles. The van der Waals surface area contributed by atoms with E-state index >= 15 is 0 Å². The molecule has 0 aromatic carbocycles. The van der Waals surface area contributed by atoms with Crippen molar-refractivity contribution < 1.29 is 18.7 Å². The average molecular weight is 379 g/mol. The minimum Gasteiger partial charge on any atom is -0.447 e. The van der Waals surface area contributed by atoms with Crippen LogP contribution in [0.4, 0.5) is 9.18 Å². The molecule has 0 radical (unpaired) electrons. The van der Waals surface area contributed by atoms with Crippen LogP contribution in [-0.2, 0) is 9.53 Å². The molecule has 0 bridgehead atoms. The number of likely N-dealkylation sites (tertiary alicyclic amines) is 2. The largest absolute Gasteiger partial charge is 0.447 e. The van der Waals surface area contributed by atoms with Crippen LogP contribution in [0.15, 0.2) is 11.6 Å². The average Bonchev–Trinajstić information content (AvgIpc) is 3.11. The summed E-state index contributed by atoms with van der Waals surface area (Å²) in [7, 11) is 0. The Morgan fingerprint density at radius 1 is 1.30 bits per heavy atom. The second-order valence-corrected chi connectivity index (χ2v) is 8.55. The molecule has 1 spiro atoms. The van der Waals surface area contributed by atoms with Gasteiger partial charge < -0.3 is 19.9 Å². The minimum atomic E-state index is -0.624. The van der Waals surface area contributed by atoms with Gasteiger partial charge in [-0.3, -0.25) is 4.79 Å². The second kappa shape index (κ2) is 7.78. The number of carbonyl (C=O) groups is 2. The van der Waals surface area contributed by atoms with E-state index in [9.17, 15) is 14.0 Å². The lowest BCUT2D eigenvalue weighted by Crippen LogP contribution is -2.54. The zero-order chi connectivity index (χ0) is 18.9. The van der Waals surface area contributed by atoms with Crippen LogP contribution in [0.3, 0.4) is 0 Å². The summed E-state index contributed by atoms with van der Waals surface area (Å²) in [5, 5.41) is 2.96. The van der Waals surface area contributed by atoms with Gasteiger partial charge in [0.25, 0.3) is 0 Å². The van der Waals surface area contributed by atoms with E-state index in [0.29, 0.717) is 12.0 Å². The van der Waals surface area contributed by atoms with Crippen molar-refractivity contribution in [1.29, 1.82) is 0 Å². The Kier molecular flexibility index (Phi) is 5.39. The number of nitrogens with one attached hydrogen (secondary N) is 1. The third-order valence-electron chi connectivity index (χ3n) is 6.88. The van der Waals surface area contributed by atoms with E-state index in [2.05, 4.69) is 16.3 Å². The molecule has 2 amide bonds. The first-order valence-electron chi connectivity index (χ1n) is 10.3. The van der Waals surface area contributed by atoms with E-state index in [1.807, 2.05) is 0 Å². The van der Waals surface area contributed by atoms with E-state index in [0.717, 1.165) is 76.8 Å². The molecule has 1 saturated carbocycles. The molecule has 0 aromatic heterocycles. The van der Waals surface area contributed by atoms with Gasteiger partial charge in [-0.2, -0.15) is 0 Å². The topological polar surface area (TPSA) is 61.9 Å². The van der Waals surface area contributed by atoms with Gasteiger partial charge in [0.05, 0.1) is 0 Å². The van der Waals surface area contributed by atoms with Crippen molar-refractivity contribution in [3.8, 4) is 0 Å². The summed E-state index contributed by atoms with van der Waals surface area (Å²) in [6.45, 7) is 3.58. The molecule has 4 aliphatic rings. The smallest absolute Gasteiger partial charge is 0.409 e. The highest BCUT2D eigenvalue weighted by molar-refractivity contribution is 5.94. The molecular weight excluding hydrogens is 349 g/mol. The summed E-state index contributed by atoms with van der Waals surface area (Å²) in [4.78, 5) is 28.3. The van der Waals surface area contributed by atoms with E-state index in [1.54, 1.807) is 4.90 Å². The van der Waals surface area contributed by atoms with E-state index in [1.165, 1.54) is 0 Å².